The maximum atomic E-state index is 12.1. The average molecular weight is 405 g/mol. The van der Waals surface area contributed by atoms with Crippen LogP contribution in [0.1, 0.15) is 56.2 Å². The van der Waals surface area contributed by atoms with Gasteiger partial charge in [0.05, 0.1) is 0 Å². The van der Waals surface area contributed by atoms with Crippen LogP contribution in [0.4, 0.5) is 0 Å². The zero-order chi connectivity index (χ0) is 18.6. The van der Waals surface area contributed by atoms with E-state index in [0.717, 1.165) is 21.3 Å². The molecule has 134 valence electrons. The molecule has 0 aliphatic rings. The summed E-state index contributed by atoms with van der Waals surface area (Å²) in [6, 6.07) is 11.6. The topological polar surface area (TPSA) is 35.5 Å². The maximum Gasteiger partial charge on any atom is 0.349 e. The number of carbonyl (C=O) groups is 1. The number of rotatable bonds is 6. The van der Waals surface area contributed by atoms with Gasteiger partial charge in [-0.15, -0.1) is 0 Å². The highest BCUT2D eigenvalue weighted by Crippen LogP contribution is 2.32. The van der Waals surface area contributed by atoms with Crippen LogP contribution < -0.4 is 9.47 Å². The van der Waals surface area contributed by atoms with Gasteiger partial charge in [-0.25, -0.2) is 4.79 Å². The van der Waals surface area contributed by atoms with Crippen LogP contribution in [0.3, 0.4) is 0 Å². The Labute approximate surface area is 158 Å². The minimum Gasteiger partial charge on any atom is -0.482 e. The molecule has 0 aliphatic heterocycles. The smallest absolute Gasteiger partial charge is 0.349 e. The third-order valence-corrected chi connectivity index (χ3v) is 4.89. The summed E-state index contributed by atoms with van der Waals surface area (Å²) in [6.45, 7) is 10.3. The second-order valence-corrected chi connectivity index (χ2v) is 7.63. The molecule has 3 nitrogen and oxygen atoms in total. The van der Waals surface area contributed by atoms with E-state index in [9.17, 15) is 4.79 Å². The monoisotopic (exact) mass is 404 g/mol. The van der Waals surface area contributed by atoms with E-state index in [-0.39, 0.29) is 6.61 Å². The summed E-state index contributed by atoms with van der Waals surface area (Å²) in [6.07, 6.45) is 0. The molecule has 0 aromatic heterocycles. The number of hydrogen-bond donors (Lipinski definition) is 0. The standard InChI is InChI=1S/C21H25BrO3/c1-13(2)16-6-8-17(9-7-16)25-21(23)12-24-20-10-15(5)19(22)11-18(20)14(3)4/h6-11,13-14H,12H2,1-5H3. The van der Waals surface area contributed by atoms with E-state index in [1.165, 1.54) is 5.56 Å². The summed E-state index contributed by atoms with van der Waals surface area (Å²) in [5, 5.41) is 0. The predicted molar refractivity (Wildman–Crippen MR) is 105 cm³/mol. The van der Waals surface area contributed by atoms with Crippen LogP contribution in [-0.2, 0) is 4.79 Å². The molecule has 0 aliphatic carbocycles. The maximum absolute atomic E-state index is 12.1. The fraction of sp³-hybridized carbons (Fsp3) is 0.381. The summed E-state index contributed by atoms with van der Waals surface area (Å²) in [5.74, 6) is 1.60. The van der Waals surface area contributed by atoms with Gasteiger partial charge in [-0.1, -0.05) is 55.8 Å². The molecule has 0 amide bonds. The van der Waals surface area contributed by atoms with Crippen molar-refractivity contribution in [2.24, 2.45) is 0 Å². The number of ether oxygens (including phenoxy) is 2. The van der Waals surface area contributed by atoms with Gasteiger partial charge in [0.2, 0.25) is 0 Å². The number of halogens is 1. The Hall–Kier alpha value is -1.81. The van der Waals surface area contributed by atoms with E-state index in [0.29, 0.717) is 17.6 Å². The number of esters is 1. The van der Waals surface area contributed by atoms with Gasteiger partial charge in [0, 0.05) is 4.47 Å². The molecule has 0 atom stereocenters. The summed E-state index contributed by atoms with van der Waals surface area (Å²) < 4.78 is 12.1. The van der Waals surface area contributed by atoms with E-state index in [1.54, 1.807) is 0 Å². The lowest BCUT2D eigenvalue weighted by Crippen LogP contribution is -2.18. The molecular weight excluding hydrogens is 380 g/mol. The summed E-state index contributed by atoms with van der Waals surface area (Å²) >= 11 is 3.54. The zero-order valence-electron chi connectivity index (χ0n) is 15.4. The van der Waals surface area contributed by atoms with Gasteiger partial charge in [0.1, 0.15) is 11.5 Å². The molecule has 2 aromatic carbocycles. The second kappa shape index (κ2) is 8.52. The zero-order valence-corrected chi connectivity index (χ0v) is 17.0. The van der Waals surface area contributed by atoms with Crippen molar-refractivity contribution in [1.29, 1.82) is 0 Å². The Morgan fingerprint density at radius 2 is 1.68 bits per heavy atom. The van der Waals surface area contributed by atoms with Crippen LogP contribution in [0.25, 0.3) is 0 Å². The first kappa shape index (κ1) is 19.5. The first-order valence-electron chi connectivity index (χ1n) is 8.51. The quantitative estimate of drug-likeness (QED) is 0.438. The van der Waals surface area contributed by atoms with Crippen LogP contribution in [0.2, 0.25) is 0 Å². The normalized spacial score (nSPS) is 11.0. The van der Waals surface area contributed by atoms with E-state index in [1.807, 2.05) is 43.3 Å². The Morgan fingerprint density at radius 3 is 2.24 bits per heavy atom. The lowest BCUT2D eigenvalue weighted by molar-refractivity contribution is -0.136. The molecule has 0 spiro atoms. The molecule has 4 heteroatoms. The van der Waals surface area contributed by atoms with Crippen molar-refractivity contribution in [2.75, 3.05) is 6.61 Å². The molecule has 0 unspecified atom stereocenters. The van der Waals surface area contributed by atoms with Crippen LogP contribution in [0.5, 0.6) is 11.5 Å². The van der Waals surface area contributed by atoms with Gasteiger partial charge in [-0.2, -0.15) is 0 Å². The van der Waals surface area contributed by atoms with Gasteiger partial charge < -0.3 is 9.47 Å². The second-order valence-electron chi connectivity index (χ2n) is 6.78. The predicted octanol–water partition coefficient (Wildman–Crippen LogP) is 5.99. The Morgan fingerprint density at radius 1 is 1.04 bits per heavy atom. The van der Waals surface area contributed by atoms with Crippen molar-refractivity contribution in [3.8, 4) is 11.5 Å². The Balaban J connectivity index is 2.01. The van der Waals surface area contributed by atoms with Gasteiger partial charge in [-0.3, -0.25) is 0 Å². The van der Waals surface area contributed by atoms with E-state index in [2.05, 4.69) is 43.6 Å². The molecule has 0 fully saturated rings. The minimum absolute atomic E-state index is 0.118. The largest absolute Gasteiger partial charge is 0.482 e. The number of aryl methyl sites for hydroxylation is 1. The van der Waals surface area contributed by atoms with Crippen molar-refractivity contribution in [3.63, 3.8) is 0 Å². The third kappa shape index (κ3) is 5.33. The van der Waals surface area contributed by atoms with E-state index < -0.39 is 5.97 Å². The van der Waals surface area contributed by atoms with Crippen LogP contribution >= 0.6 is 15.9 Å². The first-order valence-corrected chi connectivity index (χ1v) is 9.30. The average Bonchev–Trinajstić information content (AvgIpc) is 2.55. The van der Waals surface area contributed by atoms with E-state index in [4.69, 9.17) is 9.47 Å². The molecule has 0 heterocycles. The van der Waals surface area contributed by atoms with Crippen LogP contribution in [0.15, 0.2) is 40.9 Å². The lowest BCUT2D eigenvalue weighted by Gasteiger charge is -2.16. The minimum atomic E-state index is -0.410. The number of hydrogen-bond acceptors (Lipinski definition) is 3. The summed E-state index contributed by atoms with van der Waals surface area (Å²) in [4.78, 5) is 12.1. The fourth-order valence-corrected chi connectivity index (χ4v) is 2.83. The molecule has 0 N–H and O–H groups in total. The molecule has 2 aromatic rings. The fourth-order valence-electron chi connectivity index (χ4n) is 2.46. The number of carbonyl (C=O) groups excluding carboxylic acids is 1. The highest BCUT2D eigenvalue weighted by Gasteiger charge is 2.13. The lowest BCUT2D eigenvalue weighted by atomic mass is 10.0. The molecule has 0 bridgehead atoms. The van der Waals surface area contributed by atoms with Crippen molar-refractivity contribution in [1.82, 2.24) is 0 Å². The van der Waals surface area contributed by atoms with E-state index >= 15 is 0 Å². The highest BCUT2D eigenvalue weighted by molar-refractivity contribution is 9.10. The van der Waals surface area contributed by atoms with Gasteiger partial charge in [0.15, 0.2) is 6.61 Å². The summed E-state index contributed by atoms with van der Waals surface area (Å²) in [7, 11) is 0. The van der Waals surface area contributed by atoms with Gasteiger partial charge in [0.25, 0.3) is 0 Å². The van der Waals surface area contributed by atoms with Crippen LogP contribution in [0, 0.1) is 6.92 Å². The SMILES string of the molecule is Cc1cc(OCC(=O)Oc2ccc(C(C)C)cc2)c(C(C)C)cc1Br. The molecule has 0 saturated carbocycles. The molecular formula is C21H25BrO3. The third-order valence-electron chi connectivity index (χ3n) is 4.04. The summed E-state index contributed by atoms with van der Waals surface area (Å²) in [5.41, 5.74) is 3.34. The molecule has 0 saturated heterocycles. The molecule has 25 heavy (non-hydrogen) atoms. The first-order chi connectivity index (χ1) is 11.8. The highest BCUT2D eigenvalue weighted by atomic mass is 79.9. The van der Waals surface area contributed by atoms with Crippen LogP contribution in [-0.4, -0.2) is 12.6 Å². The molecule has 2 rings (SSSR count). The van der Waals surface area contributed by atoms with Gasteiger partial charge in [-0.05, 0) is 59.7 Å². The van der Waals surface area contributed by atoms with Crippen molar-refractivity contribution in [3.05, 3.63) is 57.6 Å². The van der Waals surface area contributed by atoms with Gasteiger partial charge >= 0.3 is 5.97 Å². The van der Waals surface area contributed by atoms with Crippen molar-refractivity contribution in [2.45, 2.75) is 46.5 Å². The Kier molecular flexibility index (Phi) is 6.65. The van der Waals surface area contributed by atoms with Crippen molar-refractivity contribution < 1.29 is 14.3 Å². The Bertz CT molecular complexity index is 734. The van der Waals surface area contributed by atoms with Crippen molar-refractivity contribution >= 4 is 21.9 Å². The molecule has 0 radical (unpaired) electrons. The number of benzene rings is 2.